The molecule has 0 aromatic heterocycles. The number of hydrogen-bond acceptors (Lipinski definition) is 1. The van der Waals surface area contributed by atoms with Crippen LogP contribution in [0, 0.1) is 11.8 Å². The van der Waals surface area contributed by atoms with Gasteiger partial charge in [-0.2, -0.15) is 0 Å². The van der Waals surface area contributed by atoms with Gasteiger partial charge in [-0.3, -0.25) is 0 Å². The molecule has 0 amide bonds. The van der Waals surface area contributed by atoms with E-state index in [9.17, 15) is 0 Å². The largest absolute Gasteiger partial charge is 0.369 e. The van der Waals surface area contributed by atoms with Crippen molar-refractivity contribution < 1.29 is 4.74 Å². The van der Waals surface area contributed by atoms with E-state index in [-0.39, 0.29) is 6.10 Å². The molecule has 2 fully saturated rings. The second-order valence-corrected chi connectivity index (χ2v) is 5.96. The summed E-state index contributed by atoms with van der Waals surface area (Å²) in [6.45, 7) is 6.66. The number of benzene rings is 1. The predicted octanol–water partition coefficient (Wildman–Crippen LogP) is 4.51. The Balaban J connectivity index is 1.78. The fraction of sp³-hybridized carbons (Fsp3) is 0.529. The number of hydrogen-bond donors (Lipinski definition) is 0. The Morgan fingerprint density at radius 1 is 1.17 bits per heavy atom. The number of rotatable bonds is 1. The van der Waals surface area contributed by atoms with E-state index in [1.807, 2.05) is 0 Å². The zero-order valence-electron chi connectivity index (χ0n) is 11.1. The van der Waals surface area contributed by atoms with Gasteiger partial charge in [0.05, 0.1) is 12.2 Å². The Labute approximate surface area is 110 Å². The molecule has 3 rings (SSSR count). The molecule has 96 valence electrons. The highest BCUT2D eigenvalue weighted by Crippen LogP contribution is 2.44. The Kier molecular flexibility index (Phi) is 3.25. The monoisotopic (exact) mass is 242 g/mol. The highest BCUT2D eigenvalue weighted by Gasteiger charge is 2.37. The van der Waals surface area contributed by atoms with E-state index in [2.05, 4.69) is 43.8 Å². The van der Waals surface area contributed by atoms with E-state index in [1.54, 1.807) is 0 Å². The average Bonchev–Trinajstić information content (AvgIpc) is 2.39. The van der Waals surface area contributed by atoms with Gasteiger partial charge in [-0.15, -0.1) is 0 Å². The lowest BCUT2D eigenvalue weighted by Crippen LogP contribution is -2.37. The van der Waals surface area contributed by atoms with Gasteiger partial charge in [-0.1, -0.05) is 49.4 Å². The Morgan fingerprint density at radius 3 is 2.72 bits per heavy atom. The normalized spacial score (nSPS) is 36.2. The van der Waals surface area contributed by atoms with Gasteiger partial charge in [0.15, 0.2) is 0 Å². The standard InChI is InChI=1S/C17H22O/c1-12-8-9-15-13(2)11-16(18-17(15)10-12)14-6-4-3-5-7-14/h3-7,12,15-17H,2,8-11H2,1H3/t12-,15+,16+,17+/m0/s1. The molecule has 0 bridgehead atoms. The van der Waals surface area contributed by atoms with Crippen LogP contribution in [0.2, 0.25) is 0 Å². The summed E-state index contributed by atoms with van der Waals surface area (Å²) < 4.78 is 6.36. The average molecular weight is 242 g/mol. The first-order valence-corrected chi connectivity index (χ1v) is 7.12. The van der Waals surface area contributed by atoms with E-state index in [0.717, 1.165) is 12.3 Å². The zero-order chi connectivity index (χ0) is 12.5. The summed E-state index contributed by atoms with van der Waals surface area (Å²) in [4.78, 5) is 0. The van der Waals surface area contributed by atoms with Gasteiger partial charge >= 0.3 is 0 Å². The first-order chi connectivity index (χ1) is 8.74. The molecule has 0 spiro atoms. The molecule has 1 aliphatic carbocycles. The molecule has 1 heterocycles. The summed E-state index contributed by atoms with van der Waals surface area (Å²) in [5.74, 6) is 1.41. The number of fused-ring (bicyclic) bond motifs is 1. The SMILES string of the molecule is C=C1C[C@H](c2ccccc2)O[C@@H]2C[C@@H](C)CC[C@H]12. The summed E-state index contributed by atoms with van der Waals surface area (Å²) >= 11 is 0. The van der Waals surface area contributed by atoms with Gasteiger partial charge in [-0.05, 0) is 37.2 Å². The maximum atomic E-state index is 6.36. The Morgan fingerprint density at radius 2 is 1.94 bits per heavy atom. The van der Waals surface area contributed by atoms with E-state index < -0.39 is 0 Å². The van der Waals surface area contributed by atoms with Crippen molar-refractivity contribution in [1.29, 1.82) is 0 Å². The van der Waals surface area contributed by atoms with Crippen LogP contribution >= 0.6 is 0 Å². The fourth-order valence-corrected chi connectivity index (χ4v) is 3.46. The van der Waals surface area contributed by atoms with Crippen LogP contribution in [0.5, 0.6) is 0 Å². The van der Waals surface area contributed by atoms with Crippen molar-refractivity contribution in [3.8, 4) is 0 Å². The third kappa shape index (κ3) is 2.24. The molecule has 1 saturated heterocycles. The minimum absolute atomic E-state index is 0.227. The lowest BCUT2D eigenvalue weighted by atomic mass is 9.74. The van der Waals surface area contributed by atoms with Crippen molar-refractivity contribution in [2.24, 2.45) is 11.8 Å². The van der Waals surface area contributed by atoms with Gasteiger partial charge in [0, 0.05) is 5.92 Å². The molecule has 1 heteroatoms. The van der Waals surface area contributed by atoms with E-state index in [0.29, 0.717) is 12.0 Å². The summed E-state index contributed by atoms with van der Waals surface area (Å²) in [6, 6.07) is 10.6. The van der Waals surface area contributed by atoms with Gasteiger partial charge in [-0.25, -0.2) is 0 Å². The van der Waals surface area contributed by atoms with E-state index in [4.69, 9.17) is 4.74 Å². The second-order valence-electron chi connectivity index (χ2n) is 5.96. The van der Waals surface area contributed by atoms with Crippen LogP contribution in [-0.4, -0.2) is 6.10 Å². The van der Waals surface area contributed by atoms with Crippen molar-refractivity contribution in [3.05, 3.63) is 48.0 Å². The molecule has 1 aromatic carbocycles. The zero-order valence-corrected chi connectivity index (χ0v) is 11.1. The molecule has 18 heavy (non-hydrogen) atoms. The van der Waals surface area contributed by atoms with Crippen LogP contribution in [0.15, 0.2) is 42.5 Å². The van der Waals surface area contributed by atoms with Crippen molar-refractivity contribution in [3.63, 3.8) is 0 Å². The van der Waals surface area contributed by atoms with Crippen LogP contribution in [0.4, 0.5) is 0 Å². The fourth-order valence-electron chi connectivity index (χ4n) is 3.46. The molecule has 4 atom stereocenters. The minimum Gasteiger partial charge on any atom is -0.369 e. The molecular formula is C17H22O. The van der Waals surface area contributed by atoms with Crippen molar-refractivity contribution in [2.75, 3.05) is 0 Å². The summed E-state index contributed by atoms with van der Waals surface area (Å²) in [6.07, 6.45) is 5.43. The smallest absolute Gasteiger partial charge is 0.0866 e. The van der Waals surface area contributed by atoms with Crippen LogP contribution in [0.25, 0.3) is 0 Å². The van der Waals surface area contributed by atoms with E-state index >= 15 is 0 Å². The van der Waals surface area contributed by atoms with Gasteiger partial charge < -0.3 is 4.74 Å². The molecule has 2 aliphatic rings. The number of ether oxygens (including phenoxy) is 1. The third-order valence-electron chi connectivity index (χ3n) is 4.54. The van der Waals surface area contributed by atoms with Crippen LogP contribution in [0.1, 0.15) is 44.3 Å². The highest BCUT2D eigenvalue weighted by molar-refractivity contribution is 5.22. The molecule has 0 radical (unpaired) electrons. The topological polar surface area (TPSA) is 9.23 Å². The second kappa shape index (κ2) is 4.89. The maximum absolute atomic E-state index is 6.36. The van der Waals surface area contributed by atoms with Gasteiger partial charge in [0.25, 0.3) is 0 Å². The molecule has 1 aliphatic heterocycles. The molecule has 1 nitrogen and oxygen atoms in total. The van der Waals surface area contributed by atoms with Crippen molar-refractivity contribution in [1.82, 2.24) is 0 Å². The van der Waals surface area contributed by atoms with Gasteiger partial charge in [0.1, 0.15) is 0 Å². The lowest BCUT2D eigenvalue weighted by Gasteiger charge is -2.43. The molecule has 1 saturated carbocycles. The first kappa shape index (κ1) is 12.0. The highest BCUT2D eigenvalue weighted by atomic mass is 16.5. The summed E-state index contributed by atoms with van der Waals surface area (Å²) in [5.41, 5.74) is 2.71. The summed E-state index contributed by atoms with van der Waals surface area (Å²) in [5, 5.41) is 0. The van der Waals surface area contributed by atoms with Crippen LogP contribution in [-0.2, 0) is 4.74 Å². The predicted molar refractivity (Wildman–Crippen MR) is 74.3 cm³/mol. The molecular weight excluding hydrogens is 220 g/mol. The molecule has 0 unspecified atom stereocenters. The minimum atomic E-state index is 0.227. The first-order valence-electron chi connectivity index (χ1n) is 7.12. The van der Waals surface area contributed by atoms with E-state index in [1.165, 1.54) is 30.4 Å². The van der Waals surface area contributed by atoms with Gasteiger partial charge in [0.2, 0.25) is 0 Å². The van der Waals surface area contributed by atoms with Crippen molar-refractivity contribution >= 4 is 0 Å². The Bertz CT molecular complexity index is 422. The molecule has 0 N–H and O–H groups in total. The molecule has 1 aromatic rings. The Hall–Kier alpha value is -1.08. The van der Waals surface area contributed by atoms with Crippen molar-refractivity contribution in [2.45, 2.75) is 44.8 Å². The third-order valence-corrected chi connectivity index (χ3v) is 4.54. The summed E-state index contributed by atoms with van der Waals surface area (Å²) in [7, 11) is 0. The van der Waals surface area contributed by atoms with Crippen LogP contribution in [0.3, 0.4) is 0 Å². The quantitative estimate of drug-likeness (QED) is 0.658. The lowest BCUT2D eigenvalue weighted by molar-refractivity contribution is -0.0857. The van der Waals surface area contributed by atoms with Crippen LogP contribution < -0.4 is 0 Å². The maximum Gasteiger partial charge on any atom is 0.0866 e.